The van der Waals surface area contributed by atoms with E-state index in [1.165, 1.54) is 11.8 Å². The number of benzene rings is 2. The van der Waals surface area contributed by atoms with Crippen molar-refractivity contribution in [2.24, 2.45) is 0 Å². The molecule has 0 spiro atoms. The summed E-state index contributed by atoms with van der Waals surface area (Å²) >= 11 is 13.7. The summed E-state index contributed by atoms with van der Waals surface area (Å²) in [6.45, 7) is 6.01. The van der Waals surface area contributed by atoms with E-state index in [9.17, 15) is 9.59 Å². The van der Waals surface area contributed by atoms with Gasteiger partial charge < -0.3 is 10.2 Å². The van der Waals surface area contributed by atoms with Gasteiger partial charge in [0.25, 0.3) is 0 Å². The van der Waals surface area contributed by atoms with Gasteiger partial charge in [-0.1, -0.05) is 66.5 Å². The monoisotopic (exact) mass is 466 g/mol. The maximum atomic E-state index is 13.1. The Labute approximate surface area is 193 Å². The smallest absolute Gasteiger partial charge is 0.242 e. The van der Waals surface area contributed by atoms with E-state index in [1.54, 1.807) is 24.0 Å². The van der Waals surface area contributed by atoms with Crippen molar-refractivity contribution >= 4 is 46.8 Å². The van der Waals surface area contributed by atoms with Crippen LogP contribution in [0.4, 0.5) is 0 Å². The number of hydrogen-bond donors (Lipinski definition) is 1. The Morgan fingerprint density at radius 3 is 2.37 bits per heavy atom. The number of carbonyl (C=O) groups is 2. The van der Waals surface area contributed by atoms with Gasteiger partial charge in [0.2, 0.25) is 11.8 Å². The Morgan fingerprint density at radius 2 is 1.73 bits per heavy atom. The first-order valence-electron chi connectivity index (χ1n) is 9.97. The molecule has 0 saturated carbocycles. The fourth-order valence-electron chi connectivity index (χ4n) is 2.80. The van der Waals surface area contributed by atoms with Crippen molar-refractivity contribution in [1.82, 2.24) is 10.2 Å². The van der Waals surface area contributed by atoms with Crippen LogP contribution in [-0.4, -0.2) is 34.6 Å². The molecule has 2 rings (SSSR count). The molecule has 7 heteroatoms. The molecule has 2 aromatic rings. The van der Waals surface area contributed by atoms with Crippen molar-refractivity contribution in [1.29, 1.82) is 0 Å². The number of nitrogens with zero attached hydrogens (tertiary/aromatic N) is 1. The van der Waals surface area contributed by atoms with Crippen LogP contribution in [-0.2, 0) is 21.9 Å². The minimum Gasteiger partial charge on any atom is -0.352 e. The first-order chi connectivity index (χ1) is 14.3. The lowest BCUT2D eigenvalue weighted by Gasteiger charge is -2.29. The van der Waals surface area contributed by atoms with Crippen molar-refractivity contribution in [3.8, 4) is 0 Å². The van der Waals surface area contributed by atoms with Gasteiger partial charge in [0.05, 0.1) is 15.8 Å². The summed E-state index contributed by atoms with van der Waals surface area (Å²) in [7, 11) is 0. The molecule has 2 amide bonds. The van der Waals surface area contributed by atoms with Gasteiger partial charge in [0, 0.05) is 18.3 Å². The fraction of sp³-hybridized carbons (Fsp3) is 0.391. The van der Waals surface area contributed by atoms with Crippen LogP contribution in [0.5, 0.6) is 0 Å². The van der Waals surface area contributed by atoms with Gasteiger partial charge in [-0.05, 0) is 43.5 Å². The lowest BCUT2D eigenvalue weighted by atomic mass is 10.1. The van der Waals surface area contributed by atoms with E-state index in [0.717, 1.165) is 23.3 Å². The van der Waals surface area contributed by atoms with Crippen LogP contribution in [0.2, 0.25) is 10.0 Å². The summed E-state index contributed by atoms with van der Waals surface area (Å²) in [5.74, 6) is 0.775. The summed E-state index contributed by atoms with van der Waals surface area (Å²) in [6, 6.07) is 14.7. The second-order valence-corrected chi connectivity index (χ2v) is 9.04. The average molecular weight is 467 g/mol. The van der Waals surface area contributed by atoms with E-state index < -0.39 is 6.04 Å². The molecule has 0 aliphatic rings. The molecule has 0 radical (unpaired) electrons. The predicted octanol–water partition coefficient (Wildman–Crippen LogP) is 5.56. The highest BCUT2D eigenvalue weighted by molar-refractivity contribution is 7.99. The Balaban J connectivity index is 2.10. The minimum absolute atomic E-state index is 0.0503. The number of thioether (sulfide) groups is 1. The van der Waals surface area contributed by atoms with Gasteiger partial charge in [0.1, 0.15) is 6.04 Å². The quantitative estimate of drug-likeness (QED) is 0.498. The normalized spacial score (nSPS) is 12.8. The number of hydrogen-bond acceptors (Lipinski definition) is 3. The lowest BCUT2D eigenvalue weighted by Crippen LogP contribution is -2.50. The van der Waals surface area contributed by atoms with Gasteiger partial charge in [-0.3, -0.25) is 9.59 Å². The molecule has 2 aromatic carbocycles. The molecule has 0 unspecified atom stereocenters. The van der Waals surface area contributed by atoms with E-state index >= 15 is 0 Å². The number of amides is 2. The van der Waals surface area contributed by atoms with Crippen molar-refractivity contribution in [3.63, 3.8) is 0 Å². The van der Waals surface area contributed by atoms with Crippen molar-refractivity contribution in [2.45, 2.75) is 51.6 Å². The third-order valence-corrected chi connectivity index (χ3v) is 6.57. The van der Waals surface area contributed by atoms with Crippen LogP contribution in [0.3, 0.4) is 0 Å². The molecule has 0 aromatic heterocycles. The SMILES string of the molecule is CC[C@H](C)NC(=O)[C@H](C)N(Cc1ccc(Cl)c(Cl)c1)C(=O)CSCc1ccccc1. The van der Waals surface area contributed by atoms with Crippen molar-refractivity contribution in [3.05, 3.63) is 69.7 Å². The van der Waals surface area contributed by atoms with Gasteiger partial charge in [0.15, 0.2) is 0 Å². The highest BCUT2D eigenvalue weighted by Crippen LogP contribution is 2.24. The highest BCUT2D eigenvalue weighted by atomic mass is 35.5. The van der Waals surface area contributed by atoms with Crippen molar-refractivity contribution in [2.75, 3.05) is 5.75 Å². The number of nitrogens with one attached hydrogen (secondary N) is 1. The molecule has 162 valence electrons. The summed E-state index contributed by atoms with van der Waals surface area (Å²) in [6.07, 6.45) is 0.826. The zero-order valence-electron chi connectivity index (χ0n) is 17.5. The Kier molecular flexibility index (Phi) is 10.0. The predicted molar refractivity (Wildman–Crippen MR) is 127 cm³/mol. The van der Waals surface area contributed by atoms with E-state index in [-0.39, 0.29) is 30.2 Å². The van der Waals surface area contributed by atoms with Gasteiger partial charge in [-0.15, -0.1) is 11.8 Å². The van der Waals surface area contributed by atoms with Crippen LogP contribution in [0.15, 0.2) is 48.5 Å². The van der Waals surface area contributed by atoms with Crippen LogP contribution < -0.4 is 5.32 Å². The van der Waals surface area contributed by atoms with Gasteiger partial charge in [-0.2, -0.15) is 0 Å². The summed E-state index contributed by atoms with van der Waals surface area (Å²) < 4.78 is 0. The maximum absolute atomic E-state index is 13.1. The van der Waals surface area contributed by atoms with Crippen LogP contribution in [0.1, 0.15) is 38.3 Å². The number of halogens is 2. The maximum Gasteiger partial charge on any atom is 0.242 e. The lowest BCUT2D eigenvalue weighted by molar-refractivity contribution is -0.138. The molecule has 2 atom stereocenters. The third-order valence-electron chi connectivity index (χ3n) is 4.84. The molecule has 4 nitrogen and oxygen atoms in total. The molecule has 0 aliphatic heterocycles. The molecule has 0 bridgehead atoms. The highest BCUT2D eigenvalue weighted by Gasteiger charge is 2.26. The van der Waals surface area contributed by atoms with Crippen LogP contribution in [0, 0.1) is 0 Å². The standard InChI is InChI=1S/C23H28Cl2N2O2S/c1-4-16(2)26-23(29)17(3)27(13-19-10-11-20(24)21(25)12-19)22(28)15-30-14-18-8-6-5-7-9-18/h5-12,16-17H,4,13-15H2,1-3H3,(H,26,29)/t16-,17-/m0/s1. The molecule has 0 fully saturated rings. The minimum atomic E-state index is -0.599. The Morgan fingerprint density at radius 1 is 1.03 bits per heavy atom. The van der Waals surface area contributed by atoms with E-state index in [1.807, 2.05) is 50.2 Å². The molecule has 0 heterocycles. The Hall–Kier alpha value is -1.69. The molecular formula is C23H28Cl2N2O2S. The fourth-order valence-corrected chi connectivity index (χ4v) is 3.99. The molecular weight excluding hydrogens is 439 g/mol. The zero-order chi connectivity index (χ0) is 22.1. The number of rotatable bonds is 10. The number of carbonyl (C=O) groups excluding carboxylic acids is 2. The summed E-state index contributed by atoms with van der Waals surface area (Å²) in [5.41, 5.74) is 1.99. The first kappa shape index (κ1) is 24.6. The first-order valence-corrected chi connectivity index (χ1v) is 11.9. The molecule has 30 heavy (non-hydrogen) atoms. The van der Waals surface area contributed by atoms with Gasteiger partial charge in [-0.25, -0.2) is 0 Å². The Bertz CT molecular complexity index is 848. The summed E-state index contributed by atoms with van der Waals surface area (Å²) in [4.78, 5) is 27.4. The van der Waals surface area contributed by atoms with E-state index in [2.05, 4.69) is 5.32 Å². The second-order valence-electron chi connectivity index (χ2n) is 7.24. The zero-order valence-corrected chi connectivity index (χ0v) is 19.9. The van der Waals surface area contributed by atoms with Crippen LogP contribution in [0.25, 0.3) is 0 Å². The second kappa shape index (κ2) is 12.2. The van der Waals surface area contributed by atoms with Crippen molar-refractivity contribution < 1.29 is 9.59 Å². The van der Waals surface area contributed by atoms with Crippen LogP contribution >= 0.6 is 35.0 Å². The third kappa shape index (κ3) is 7.53. The molecule has 0 aliphatic carbocycles. The summed E-state index contributed by atoms with van der Waals surface area (Å²) in [5, 5.41) is 3.85. The molecule has 0 saturated heterocycles. The van der Waals surface area contributed by atoms with E-state index in [0.29, 0.717) is 10.0 Å². The molecule has 1 N–H and O–H groups in total. The van der Waals surface area contributed by atoms with Gasteiger partial charge >= 0.3 is 0 Å². The average Bonchev–Trinajstić information content (AvgIpc) is 2.74. The topological polar surface area (TPSA) is 49.4 Å². The largest absolute Gasteiger partial charge is 0.352 e. The van der Waals surface area contributed by atoms with E-state index in [4.69, 9.17) is 23.2 Å².